The molecule has 1 aromatic heterocycles. The second-order valence-electron chi connectivity index (χ2n) is 11.5. The van der Waals surface area contributed by atoms with Gasteiger partial charge in [0.1, 0.15) is 16.7 Å². The van der Waals surface area contributed by atoms with E-state index in [-0.39, 0.29) is 28.2 Å². The lowest BCUT2D eigenvalue weighted by atomic mass is 9.95. The number of hydrogen-bond donors (Lipinski definition) is 3. The molecular weight excluding hydrogens is 538 g/mol. The minimum atomic E-state index is -1.07. The Labute approximate surface area is 245 Å². The molecule has 10 heteroatoms. The van der Waals surface area contributed by atoms with Gasteiger partial charge in [-0.05, 0) is 69.8 Å². The van der Waals surface area contributed by atoms with E-state index in [1.165, 1.54) is 12.0 Å². The van der Waals surface area contributed by atoms with E-state index in [9.17, 15) is 14.4 Å². The first kappa shape index (κ1) is 30.0. The number of amides is 3. The molecule has 2 aromatic carbocycles. The van der Waals surface area contributed by atoms with E-state index < -0.39 is 23.4 Å². The number of ether oxygens (including phenoxy) is 1. The van der Waals surface area contributed by atoms with Crippen molar-refractivity contribution in [2.45, 2.75) is 77.4 Å². The average molecular weight is 578 g/mol. The Hall–Kier alpha value is -3.92. The van der Waals surface area contributed by atoms with Gasteiger partial charge in [0.15, 0.2) is 5.69 Å². The van der Waals surface area contributed by atoms with E-state index in [2.05, 4.69) is 15.0 Å². The van der Waals surface area contributed by atoms with Crippen molar-refractivity contribution >= 4 is 40.6 Å². The van der Waals surface area contributed by atoms with Crippen molar-refractivity contribution in [3.63, 3.8) is 0 Å². The summed E-state index contributed by atoms with van der Waals surface area (Å²) in [6, 6.07) is 13.4. The van der Waals surface area contributed by atoms with Gasteiger partial charge in [0.2, 0.25) is 5.91 Å². The Morgan fingerprint density at radius 1 is 1.05 bits per heavy atom. The summed E-state index contributed by atoms with van der Waals surface area (Å²) in [5.41, 5.74) is 7.90. The van der Waals surface area contributed by atoms with E-state index in [0.29, 0.717) is 17.0 Å². The summed E-state index contributed by atoms with van der Waals surface area (Å²) in [6.07, 6.45) is 5.10. The predicted octanol–water partition coefficient (Wildman–Crippen LogP) is 5.41. The number of aromatic nitrogens is 1. The molecule has 0 bridgehead atoms. The minimum absolute atomic E-state index is 0.00732. The molecule has 1 aliphatic rings. The number of benzene rings is 2. The van der Waals surface area contributed by atoms with Crippen LogP contribution in [0, 0.1) is 6.92 Å². The molecule has 9 nitrogen and oxygen atoms in total. The number of hydrogen-bond acceptors (Lipinski definition) is 7. The molecule has 0 radical (unpaired) electrons. The molecule has 1 heterocycles. The molecule has 0 saturated heterocycles. The summed E-state index contributed by atoms with van der Waals surface area (Å²) >= 11 is 0.851. The maximum Gasteiger partial charge on any atom is 0.273 e. The van der Waals surface area contributed by atoms with Crippen molar-refractivity contribution < 1.29 is 19.1 Å². The number of carbonyl (C=O) groups is 3. The Morgan fingerprint density at radius 3 is 2.34 bits per heavy atom. The second kappa shape index (κ2) is 12.7. The lowest BCUT2D eigenvalue weighted by molar-refractivity contribution is -0.123. The number of aryl methyl sites for hydroxylation is 1. The Kier molecular flexibility index (Phi) is 9.32. The van der Waals surface area contributed by atoms with Crippen molar-refractivity contribution in [2.24, 2.45) is 0 Å². The predicted molar refractivity (Wildman–Crippen MR) is 162 cm³/mol. The Morgan fingerprint density at radius 2 is 1.71 bits per heavy atom. The number of methoxy groups -OCH3 is 1. The van der Waals surface area contributed by atoms with Crippen LogP contribution in [-0.2, 0) is 4.79 Å². The van der Waals surface area contributed by atoms with Gasteiger partial charge in [-0.2, -0.15) is 4.37 Å². The van der Waals surface area contributed by atoms with Gasteiger partial charge in [0, 0.05) is 11.6 Å². The molecule has 4 N–H and O–H groups in total. The molecule has 3 aromatic rings. The highest BCUT2D eigenvalue weighted by atomic mass is 32.1. The minimum Gasteiger partial charge on any atom is -0.495 e. The highest BCUT2D eigenvalue weighted by Crippen LogP contribution is 2.38. The highest BCUT2D eigenvalue weighted by molar-refractivity contribution is 7.09. The van der Waals surface area contributed by atoms with Gasteiger partial charge < -0.3 is 21.1 Å². The lowest BCUT2D eigenvalue weighted by Crippen LogP contribution is -2.49. The van der Waals surface area contributed by atoms with E-state index in [4.69, 9.17) is 10.5 Å². The Bertz CT molecular complexity index is 1390. The first-order valence-corrected chi connectivity index (χ1v) is 14.7. The van der Waals surface area contributed by atoms with Crippen molar-refractivity contribution in [1.82, 2.24) is 15.0 Å². The van der Waals surface area contributed by atoms with Crippen LogP contribution in [0.4, 0.5) is 11.4 Å². The van der Waals surface area contributed by atoms with Crippen molar-refractivity contribution in [3.05, 3.63) is 70.2 Å². The van der Waals surface area contributed by atoms with Crippen LogP contribution in [0.5, 0.6) is 5.75 Å². The largest absolute Gasteiger partial charge is 0.495 e. The van der Waals surface area contributed by atoms with E-state index in [1.54, 1.807) is 24.3 Å². The van der Waals surface area contributed by atoms with Crippen LogP contribution in [-0.4, -0.2) is 40.8 Å². The molecule has 218 valence electrons. The lowest BCUT2D eigenvalue weighted by Gasteiger charge is -2.34. The quantitative estimate of drug-likeness (QED) is 0.329. The van der Waals surface area contributed by atoms with Gasteiger partial charge in [0.05, 0.1) is 18.5 Å². The number of carbonyl (C=O) groups excluding carboxylic acids is 3. The van der Waals surface area contributed by atoms with E-state index in [0.717, 1.165) is 49.2 Å². The monoisotopic (exact) mass is 577 g/mol. The molecule has 0 spiro atoms. The van der Waals surface area contributed by atoms with Crippen LogP contribution in [0.1, 0.15) is 90.2 Å². The normalized spacial score (nSPS) is 14.7. The standard InChI is InChI=1S/C31H39N5O4S/c1-19-15-17-20(18-16-19)26(29(38)34-31(2,3)4)36(22-13-9-10-14-23(22)40-5)30(39)27-24(32)25(35-41-27)28(37)33-21-11-7-6-8-12-21/h9-10,13-18,21,26H,6-8,11-12,32H2,1-5H3,(H,33,37)(H,34,38)/t26-/m0/s1. The molecule has 0 unspecified atom stereocenters. The molecule has 3 amide bonds. The maximum atomic E-state index is 14.5. The second-order valence-corrected chi connectivity index (χ2v) is 12.3. The number of nitrogens with two attached hydrogens (primary N) is 1. The van der Waals surface area contributed by atoms with E-state index >= 15 is 0 Å². The molecule has 0 aliphatic heterocycles. The fourth-order valence-electron chi connectivity index (χ4n) is 5.02. The zero-order valence-electron chi connectivity index (χ0n) is 24.3. The number of nitrogens with zero attached hydrogens (tertiary/aromatic N) is 2. The van der Waals surface area contributed by atoms with Gasteiger partial charge in [-0.25, -0.2) is 0 Å². The van der Waals surface area contributed by atoms with Gasteiger partial charge in [-0.3, -0.25) is 19.3 Å². The highest BCUT2D eigenvalue weighted by Gasteiger charge is 2.38. The molecular formula is C31H39N5O4S. The Balaban J connectivity index is 1.81. The third-order valence-electron chi connectivity index (χ3n) is 7.04. The summed E-state index contributed by atoms with van der Waals surface area (Å²) in [7, 11) is 1.51. The van der Waals surface area contributed by atoms with Crippen molar-refractivity contribution in [2.75, 3.05) is 17.7 Å². The van der Waals surface area contributed by atoms with Crippen LogP contribution in [0.25, 0.3) is 0 Å². The molecule has 1 atom stereocenters. The fourth-order valence-corrected chi connectivity index (χ4v) is 5.76. The topological polar surface area (TPSA) is 127 Å². The first-order valence-electron chi connectivity index (χ1n) is 13.9. The average Bonchev–Trinajstić information content (AvgIpc) is 3.33. The molecule has 4 rings (SSSR count). The molecule has 1 aliphatic carbocycles. The summed E-state index contributed by atoms with van der Waals surface area (Å²) < 4.78 is 9.92. The zero-order chi connectivity index (χ0) is 29.7. The van der Waals surface area contributed by atoms with Crippen LogP contribution in [0.2, 0.25) is 0 Å². The van der Waals surface area contributed by atoms with Crippen molar-refractivity contribution in [1.29, 1.82) is 0 Å². The van der Waals surface area contributed by atoms with Crippen LogP contribution in [0.3, 0.4) is 0 Å². The van der Waals surface area contributed by atoms with Gasteiger partial charge in [-0.1, -0.05) is 61.2 Å². The van der Waals surface area contributed by atoms with Gasteiger partial charge in [-0.15, -0.1) is 0 Å². The van der Waals surface area contributed by atoms with Crippen LogP contribution in [0.15, 0.2) is 48.5 Å². The summed E-state index contributed by atoms with van der Waals surface area (Å²) in [4.78, 5) is 43.0. The number of nitrogen functional groups attached to an aromatic ring is 1. The molecule has 41 heavy (non-hydrogen) atoms. The summed E-state index contributed by atoms with van der Waals surface area (Å²) in [5.74, 6) is -0.927. The summed E-state index contributed by atoms with van der Waals surface area (Å²) in [5, 5.41) is 6.05. The van der Waals surface area contributed by atoms with Crippen LogP contribution >= 0.6 is 11.5 Å². The first-order chi connectivity index (χ1) is 19.5. The third kappa shape index (κ3) is 7.05. The van der Waals surface area contributed by atoms with Crippen LogP contribution < -0.4 is 26.0 Å². The maximum absolute atomic E-state index is 14.5. The smallest absolute Gasteiger partial charge is 0.273 e. The van der Waals surface area contributed by atoms with Gasteiger partial charge in [0.25, 0.3) is 11.8 Å². The molecule has 1 saturated carbocycles. The number of anilines is 2. The number of para-hydroxylation sites is 2. The third-order valence-corrected chi connectivity index (χ3v) is 7.89. The SMILES string of the molecule is COc1ccccc1N(C(=O)c1snc(C(=O)NC2CCCCC2)c1N)[C@H](C(=O)NC(C)(C)C)c1ccc(C)cc1. The zero-order valence-corrected chi connectivity index (χ0v) is 25.1. The number of nitrogens with one attached hydrogen (secondary N) is 2. The van der Waals surface area contributed by atoms with Crippen molar-refractivity contribution in [3.8, 4) is 5.75 Å². The van der Waals surface area contributed by atoms with E-state index in [1.807, 2.05) is 52.0 Å². The summed E-state index contributed by atoms with van der Waals surface area (Å²) in [6.45, 7) is 7.59. The van der Waals surface area contributed by atoms with Gasteiger partial charge >= 0.3 is 0 Å². The molecule has 1 fully saturated rings. The number of rotatable bonds is 8. The fraction of sp³-hybridized carbons (Fsp3) is 0.419.